The molecular formula is C9H15N7. The van der Waals surface area contributed by atoms with Crippen LogP contribution in [0.5, 0.6) is 0 Å². The first-order valence-corrected chi connectivity index (χ1v) is 5.09. The van der Waals surface area contributed by atoms with Gasteiger partial charge >= 0.3 is 0 Å². The molecule has 2 heterocycles. The van der Waals surface area contributed by atoms with Crippen LogP contribution in [0, 0.1) is 0 Å². The van der Waals surface area contributed by atoms with Crippen molar-refractivity contribution in [1.82, 2.24) is 35.1 Å². The molecule has 0 fully saturated rings. The lowest BCUT2D eigenvalue weighted by Gasteiger charge is -2.11. The Morgan fingerprint density at radius 1 is 1.38 bits per heavy atom. The van der Waals surface area contributed by atoms with E-state index in [1.54, 1.807) is 11.0 Å². The standard InChI is InChI=1S/C9H15N7/c1-7(9-13-11-6-15(9)2)10-4-8-5-16(3)14-12-8/h5-7,10H,4H2,1-3H3. The molecule has 0 aliphatic heterocycles. The van der Waals surface area contributed by atoms with Gasteiger partial charge in [-0.15, -0.1) is 15.3 Å². The van der Waals surface area contributed by atoms with Crippen LogP contribution in [-0.4, -0.2) is 29.8 Å². The Balaban J connectivity index is 1.93. The first-order valence-electron chi connectivity index (χ1n) is 5.09. The molecule has 2 rings (SSSR count). The van der Waals surface area contributed by atoms with E-state index in [9.17, 15) is 0 Å². The van der Waals surface area contributed by atoms with Crippen molar-refractivity contribution in [3.8, 4) is 0 Å². The quantitative estimate of drug-likeness (QED) is 0.773. The summed E-state index contributed by atoms with van der Waals surface area (Å²) >= 11 is 0. The van der Waals surface area contributed by atoms with Gasteiger partial charge in [0, 0.05) is 26.8 Å². The van der Waals surface area contributed by atoms with Crippen LogP contribution in [0.4, 0.5) is 0 Å². The maximum Gasteiger partial charge on any atom is 0.149 e. The van der Waals surface area contributed by atoms with Crippen LogP contribution in [0.2, 0.25) is 0 Å². The van der Waals surface area contributed by atoms with E-state index in [4.69, 9.17) is 0 Å². The summed E-state index contributed by atoms with van der Waals surface area (Å²) < 4.78 is 3.58. The number of hydrogen-bond acceptors (Lipinski definition) is 5. The van der Waals surface area contributed by atoms with E-state index in [0.29, 0.717) is 6.54 Å². The zero-order chi connectivity index (χ0) is 11.5. The second kappa shape index (κ2) is 4.40. The average Bonchev–Trinajstić information content (AvgIpc) is 2.84. The molecule has 0 bridgehead atoms. The van der Waals surface area contributed by atoms with Crippen molar-refractivity contribution in [3.63, 3.8) is 0 Å². The number of aryl methyl sites for hydroxylation is 2. The first kappa shape index (κ1) is 10.7. The second-order valence-electron chi connectivity index (χ2n) is 3.79. The SMILES string of the molecule is CC(NCc1cn(C)nn1)c1nncn1C. The Kier molecular flexibility index (Phi) is 2.95. The van der Waals surface area contributed by atoms with Gasteiger partial charge in [0.2, 0.25) is 0 Å². The Morgan fingerprint density at radius 2 is 2.19 bits per heavy atom. The number of nitrogens with one attached hydrogen (secondary N) is 1. The van der Waals surface area contributed by atoms with Crippen LogP contribution in [0.25, 0.3) is 0 Å². The molecule has 1 N–H and O–H groups in total. The molecule has 0 radical (unpaired) electrons. The van der Waals surface area contributed by atoms with E-state index in [1.165, 1.54) is 0 Å². The summed E-state index contributed by atoms with van der Waals surface area (Å²) in [4.78, 5) is 0. The summed E-state index contributed by atoms with van der Waals surface area (Å²) in [5, 5.41) is 19.1. The van der Waals surface area contributed by atoms with Crippen LogP contribution >= 0.6 is 0 Å². The highest BCUT2D eigenvalue weighted by atomic mass is 15.4. The van der Waals surface area contributed by atoms with Gasteiger partial charge in [0.15, 0.2) is 0 Å². The Labute approximate surface area is 93.5 Å². The van der Waals surface area contributed by atoms with Gasteiger partial charge in [0.05, 0.1) is 11.7 Å². The Morgan fingerprint density at radius 3 is 2.75 bits per heavy atom. The molecule has 7 heteroatoms. The average molecular weight is 221 g/mol. The minimum atomic E-state index is 0.134. The molecule has 2 aromatic heterocycles. The van der Waals surface area contributed by atoms with Gasteiger partial charge in [0.25, 0.3) is 0 Å². The van der Waals surface area contributed by atoms with E-state index < -0.39 is 0 Å². The molecule has 0 spiro atoms. The summed E-state index contributed by atoms with van der Waals surface area (Å²) in [7, 11) is 3.78. The lowest BCUT2D eigenvalue weighted by atomic mass is 10.3. The molecule has 0 saturated carbocycles. The third-order valence-corrected chi connectivity index (χ3v) is 2.37. The number of nitrogens with zero attached hydrogens (tertiary/aromatic N) is 6. The number of rotatable bonds is 4. The molecule has 0 saturated heterocycles. The van der Waals surface area contributed by atoms with E-state index in [1.807, 2.05) is 31.8 Å². The van der Waals surface area contributed by atoms with Crippen molar-refractivity contribution < 1.29 is 0 Å². The molecule has 16 heavy (non-hydrogen) atoms. The minimum absolute atomic E-state index is 0.134. The van der Waals surface area contributed by atoms with E-state index >= 15 is 0 Å². The van der Waals surface area contributed by atoms with E-state index in [2.05, 4.69) is 25.8 Å². The van der Waals surface area contributed by atoms with Crippen molar-refractivity contribution in [1.29, 1.82) is 0 Å². The van der Waals surface area contributed by atoms with Gasteiger partial charge in [-0.1, -0.05) is 5.21 Å². The van der Waals surface area contributed by atoms with Crippen LogP contribution in [0.15, 0.2) is 12.5 Å². The molecule has 0 aliphatic rings. The van der Waals surface area contributed by atoms with E-state index in [0.717, 1.165) is 11.5 Å². The summed E-state index contributed by atoms with van der Waals surface area (Å²) in [6.45, 7) is 2.71. The third-order valence-electron chi connectivity index (χ3n) is 2.37. The fourth-order valence-electron chi connectivity index (χ4n) is 1.51. The first-order chi connectivity index (χ1) is 7.66. The van der Waals surface area contributed by atoms with Crippen LogP contribution in [0.3, 0.4) is 0 Å². The topological polar surface area (TPSA) is 73.5 Å². The van der Waals surface area contributed by atoms with Crippen molar-refractivity contribution >= 4 is 0 Å². The van der Waals surface area contributed by atoms with Crippen LogP contribution < -0.4 is 5.32 Å². The fraction of sp³-hybridized carbons (Fsp3) is 0.556. The Hall–Kier alpha value is -1.76. The predicted molar refractivity (Wildman–Crippen MR) is 57.3 cm³/mol. The van der Waals surface area contributed by atoms with Crippen molar-refractivity contribution in [2.24, 2.45) is 14.1 Å². The summed E-state index contributed by atoms with van der Waals surface area (Å²) in [5.74, 6) is 0.906. The van der Waals surface area contributed by atoms with Gasteiger partial charge in [-0.25, -0.2) is 0 Å². The van der Waals surface area contributed by atoms with Crippen molar-refractivity contribution in [2.75, 3.05) is 0 Å². The largest absolute Gasteiger partial charge is 0.319 e. The molecule has 0 amide bonds. The highest BCUT2D eigenvalue weighted by Gasteiger charge is 2.11. The van der Waals surface area contributed by atoms with Gasteiger partial charge in [-0.2, -0.15) is 0 Å². The maximum absolute atomic E-state index is 4.04. The molecule has 86 valence electrons. The molecule has 1 atom stereocenters. The zero-order valence-corrected chi connectivity index (χ0v) is 9.62. The fourth-order valence-corrected chi connectivity index (χ4v) is 1.51. The normalized spacial score (nSPS) is 12.9. The van der Waals surface area contributed by atoms with Gasteiger partial charge in [0.1, 0.15) is 12.2 Å². The summed E-state index contributed by atoms with van der Waals surface area (Å²) in [6.07, 6.45) is 3.58. The highest BCUT2D eigenvalue weighted by Crippen LogP contribution is 2.07. The van der Waals surface area contributed by atoms with Gasteiger partial charge in [-0.3, -0.25) is 4.68 Å². The molecule has 0 aliphatic carbocycles. The summed E-state index contributed by atoms with van der Waals surface area (Å²) in [6, 6.07) is 0.134. The number of hydrogen-bond donors (Lipinski definition) is 1. The zero-order valence-electron chi connectivity index (χ0n) is 9.62. The van der Waals surface area contributed by atoms with Crippen LogP contribution in [-0.2, 0) is 20.6 Å². The molecule has 2 aromatic rings. The lowest BCUT2D eigenvalue weighted by Crippen LogP contribution is -2.21. The lowest BCUT2D eigenvalue weighted by molar-refractivity contribution is 0.523. The molecule has 0 aromatic carbocycles. The van der Waals surface area contributed by atoms with Gasteiger partial charge < -0.3 is 9.88 Å². The smallest absolute Gasteiger partial charge is 0.149 e. The molecular weight excluding hydrogens is 206 g/mol. The van der Waals surface area contributed by atoms with Gasteiger partial charge in [-0.05, 0) is 6.92 Å². The number of aromatic nitrogens is 6. The second-order valence-corrected chi connectivity index (χ2v) is 3.79. The third kappa shape index (κ3) is 2.25. The highest BCUT2D eigenvalue weighted by molar-refractivity contribution is 4.96. The Bertz CT molecular complexity index is 458. The van der Waals surface area contributed by atoms with Crippen molar-refractivity contribution in [2.45, 2.75) is 19.5 Å². The predicted octanol–water partition coefficient (Wildman–Crippen LogP) is -0.206. The minimum Gasteiger partial charge on any atom is -0.319 e. The summed E-state index contributed by atoms with van der Waals surface area (Å²) in [5.41, 5.74) is 0.913. The molecule has 1 unspecified atom stereocenters. The van der Waals surface area contributed by atoms with Crippen LogP contribution in [0.1, 0.15) is 24.5 Å². The monoisotopic (exact) mass is 221 g/mol. The van der Waals surface area contributed by atoms with E-state index in [-0.39, 0.29) is 6.04 Å². The molecule has 7 nitrogen and oxygen atoms in total. The van der Waals surface area contributed by atoms with Crippen molar-refractivity contribution in [3.05, 3.63) is 24.0 Å². The maximum atomic E-state index is 4.04.